The number of carbonyl (C=O) groups excluding carboxylic acids is 3. The van der Waals surface area contributed by atoms with Gasteiger partial charge < -0.3 is 14.9 Å². The molecule has 3 aromatic rings. The Bertz CT molecular complexity index is 1480. The predicted molar refractivity (Wildman–Crippen MR) is 148 cm³/mol. The average molecular weight is 545 g/mol. The van der Waals surface area contributed by atoms with Gasteiger partial charge in [0.15, 0.2) is 0 Å². The van der Waals surface area contributed by atoms with E-state index >= 15 is 0 Å². The van der Waals surface area contributed by atoms with Crippen molar-refractivity contribution in [3.63, 3.8) is 0 Å². The molecule has 2 heterocycles. The van der Waals surface area contributed by atoms with Crippen molar-refractivity contribution in [2.75, 3.05) is 41.4 Å². The van der Waals surface area contributed by atoms with E-state index in [1.807, 2.05) is 23.1 Å². The van der Waals surface area contributed by atoms with E-state index in [1.165, 1.54) is 24.1 Å². The number of carboxylic acid groups (broad SMARTS) is 1. The van der Waals surface area contributed by atoms with Crippen molar-refractivity contribution in [3.8, 4) is 0 Å². The first-order valence-corrected chi connectivity index (χ1v) is 13.1. The smallest absolute Gasteiger partial charge is 0.325 e. The lowest BCUT2D eigenvalue weighted by Crippen LogP contribution is -2.52. The highest BCUT2D eigenvalue weighted by Gasteiger charge is 2.36. The molecule has 0 aromatic heterocycles. The van der Waals surface area contributed by atoms with Crippen molar-refractivity contribution >= 4 is 40.9 Å². The van der Waals surface area contributed by atoms with Gasteiger partial charge in [0.05, 0.1) is 5.69 Å². The zero-order chi connectivity index (χ0) is 28.4. The summed E-state index contributed by atoms with van der Waals surface area (Å²) in [5.41, 5.74) is 3.26. The Morgan fingerprint density at radius 3 is 2.40 bits per heavy atom. The highest BCUT2D eigenvalue weighted by molar-refractivity contribution is 6.12. The molecule has 5 rings (SSSR count). The van der Waals surface area contributed by atoms with Crippen LogP contribution < -0.4 is 14.7 Å². The van der Waals surface area contributed by atoms with Crippen LogP contribution >= 0.6 is 0 Å². The van der Waals surface area contributed by atoms with Crippen molar-refractivity contribution in [1.29, 1.82) is 0 Å². The molecule has 2 aliphatic rings. The molecule has 0 unspecified atom stereocenters. The molecule has 0 bridgehead atoms. The quantitative estimate of drug-likeness (QED) is 0.516. The van der Waals surface area contributed by atoms with Crippen molar-refractivity contribution in [2.45, 2.75) is 25.8 Å². The van der Waals surface area contributed by atoms with Crippen molar-refractivity contribution in [3.05, 3.63) is 89.2 Å². The fourth-order valence-electron chi connectivity index (χ4n) is 5.25. The molecule has 40 heavy (non-hydrogen) atoms. The number of carbonyl (C=O) groups is 4. The zero-order valence-corrected chi connectivity index (χ0v) is 22.0. The SMILES string of the molecule is CN(Cc1ccc(C(=O)N2CCCCc3ccccc32)cc1)C(=O)N1CC(=O)N(CC(=O)O)c2cccc(F)c21. The van der Waals surface area contributed by atoms with E-state index in [4.69, 9.17) is 0 Å². The summed E-state index contributed by atoms with van der Waals surface area (Å²) in [6, 6.07) is 18.3. The van der Waals surface area contributed by atoms with Gasteiger partial charge in [0.25, 0.3) is 5.91 Å². The molecule has 0 fully saturated rings. The number of carboxylic acids is 1. The van der Waals surface area contributed by atoms with Gasteiger partial charge in [0, 0.05) is 31.4 Å². The lowest BCUT2D eigenvalue weighted by molar-refractivity contribution is -0.136. The van der Waals surface area contributed by atoms with E-state index in [1.54, 1.807) is 24.3 Å². The Hall–Kier alpha value is -4.73. The van der Waals surface area contributed by atoms with Crippen LogP contribution in [0.4, 0.5) is 26.2 Å². The van der Waals surface area contributed by atoms with Crippen LogP contribution in [0.5, 0.6) is 0 Å². The molecule has 0 saturated carbocycles. The molecular formula is C30H29FN4O5. The molecule has 10 heteroatoms. The summed E-state index contributed by atoms with van der Waals surface area (Å²) < 4.78 is 14.9. The normalized spacial score (nSPS) is 14.8. The van der Waals surface area contributed by atoms with E-state index in [2.05, 4.69) is 6.07 Å². The van der Waals surface area contributed by atoms with Gasteiger partial charge in [-0.25, -0.2) is 9.18 Å². The first-order chi connectivity index (χ1) is 19.2. The van der Waals surface area contributed by atoms with Crippen LogP contribution in [0.1, 0.15) is 34.3 Å². The maximum atomic E-state index is 14.9. The van der Waals surface area contributed by atoms with E-state index in [9.17, 15) is 28.7 Å². The van der Waals surface area contributed by atoms with Gasteiger partial charge in [-0.1, -0.05) is 36.4 Å². The Morgan fingerprint density at radius 1 is 0.925 bits per heavy atom. The monoisotopic (exact) mass is 544 g/mol. The number of benzene rings is 3. The second-order valence-corrected chi connectivity index (χ2v) is 9.95. The number of amides is 4. The third kappa shape index (κ3) is 5.25. The summed E-state index contributed by atoms with van der Waals surface area (Å²) in [6.45, 7) is -0.338. The van der Waals surface area contributed by atoms with Gasteiger partial charge >= 0.3 is 12.0 Å². The number of para-hydroxylation sites is 2. The Morgan fingerprint density at radius 2 is 1.65 bits per heavy atom. The summed E-state index contributed by atoms with van der Waals surface area (Å²) in [5.74, 6) is -2.70. The van der Waals surface area contributed by atoms with Crippen LogP contribution in [0.2, 0.25) is 0 Å². The molecule has 206 valence electrons. The maximum absolute atomic E-state index is 14.9. The zero-order valence-electron chi connectivity index (χ0n) is 22.0. The topological polar surface area (TPSA) is 101 Å². The lowest BCUT2D eigenvalue weighted by Gasteiger charge is -2.37. The van der Waals surface area contributed by atoms with Crippen molar-refractivity contribution in [2.24, 2.45) is 0 Å². The molecule has 2 aliphatic heterocycles. The fourth-order valence-corrected chi connectivity index (χ4v) is 5.25. The summed E-state index contributed by atoms with van der Waals surface area (Å²) >= 11 is 0. The van der Waals surface area contributed by atoms with Gasteiger partial charge in [-0.05, 0) is 60.7 Å². The molecule has 3 aromatic carbocycles. The lowest BCUT2D eigenvalue weighted by atomic mass is 10.1. The van der Waals surface area contributed by atoms with Crippen LogP contribution in [-0.2, 0) is 22.6 Å². The second kappa shape index (κ2) is 11.2. The van der Waals surface area contributed by atoms with Crippen LogP contribution in [-0.4, -0.2) is 60.5 Å². The molecule has 9 nitrogen and oxygen atoms in total. The van der Waals surface area contributed by atoms with Gasteiger partial charge in [0.1, 0.15) is 24.6 Å². The number of hydrogen-bond donors (Lipinski definition) is 1. The minimum atomic E-state index is -1.25. The van der Waals surface area contributed by atoms with E-state index in [0.717, 1.165) is 51.9 Å². The number of halogens is 1. The number of nitrogens with zero attached hydrogens (tertiary/aromatic N) is 4. The standard InChI is InChI=1S/C30H29FN4O5/c1-32(30(40)35-18-26(36)34(19-27(37)38)25-11-6-9-23(31)28(25)35)17-20-12-14-22(15-13-20)29(39)33-16-5-4-8-21-7-2-3-10-24(21)33/h2-3,6-7,9-15H,4-5,8,16-19H2,1H3,(H,37,38). The number of fused-ring (bicyclic) bond motifs is 2. The summed E-state index contributed by atoms with van der Waals surface area (Å²) in [7, 11) is 1.53. The Balaban J connectivity index is 1.31. The average Bonchev–Trinajstić information content (AvgIpc) is 3.16. The van der Waals surface area contributed by atoms with Crippen molar-refractivity contribution in [1.82, 2.24) is 4.90 Å². The third-order valence-electron chi connectivity index (χ3n) is 7.20. The first kappa shape index (κ1) is 26.9. The second-order valence-electron chi connectivity index (χ2n) is 9.95. The molecule has 0 spiro atoms. The van der Waals surface area contributed by atoms with Gasteiger partial charge in [-0.15, -0.1) is 0 Å². The van der Waals surface area contributed by atoms with Crippen LogP contribution in [0.25, 0.3) is 0 Å². The number of hydrogen-bond acceptors (Lipinski definition) is 4. The number of aryl methyl sites for hydroxylation is 1. The third-order valence-corrected chi connectivity index (χ3v) is 7.20. The highest BCUT2D eigenvalue weighted by Crippen LogP contribution is 2.36. The number of urea groups is 1. The predicted octanol–water partition coefficient (Wildman–Crippen LogP) is 4.30. The minimum absolute atomic E-state index is 0.0263. The summed E-state index contributed by atoms with van der Waals surface area (Å²) in [6.07, 6.45) is 2.88. The number of aliphatic carboxylic acids is 1. The molecule has 1 N–H and O–H groups in total. The molecule has 0 radical (unpaired) electrons. The van der Waals surface area contributed by atoms with Gasteiger partial charge in [0.2, 0.25) is 5.91 Å². The first-order valence-electron chi connectivity index (χ1n) is 13.1. The van der Waals surface area contributed by atoms with Gasteiger partial charge in [-0.2, -0.15) is 0 Å². The van der Waals surface area contributed by atoms with Crippen molar-refractivity contribution < 1.29 is 28.7 Å². The fraction of sp³-hybridized carbons (Fsp3) is 0.267. The Labute approximate surface area is 231 Å². The molecule has 0 saturated heterocycles. The highest BCUT2D eigenvalue weighted by atomic mass is 19.1. The summed E-state index contributed by atoms with van der Waals surface area (Å²) in [4.78, 5) is 55.9. The minimum Gasteiger partial charge on any atom is -0.480 e. The molecule has 0 atom stereocenters. The largest absolute Gasteiger partial charge is 0.480 e. The van der Waals surface area contributed by atoms with Crippen LogP contribution in [0.15, 0.2) is 66.7 Å². The summed E-state index contributed by atoms with van der Waals surface area (Å²) in [5, 5.41) is 9.19. The van der Waals surface area contributed by atoms with Crippen LogP contribution in [0, 0.1) is 5.82 Å². The molecule has 4 amide bonds. The molecule has 0 aliphatic carbocycles. The Kier molecular flexibility index (Phi) is 7.50. The number of rotatable bonds is 5. The maximum Gasteiger partial charge on any atom is 0.325 e. The van der Waals surface area contributed by atoms with E-state index in [0.29, 0.717) is 12.1 Å². The van der Waals surface area contributed by atoms with Gasteiger partial charge in [-0.3, -0.25) is 24.2 Å². The molecular weight excluding hydrogens is 515 g/mol. The number of anilines is 3. The van der Waals surface area contributed by atoms with Crippen LogP contribution in [0.3, 0.4) is 0 Å². The van der Waals surface area contributed by atoms with E-state index < -0.39 is 36.8 Å². The van der Waals surface area contributed by atoms with E-state index in [-0.39, 0.29) is 23.8 Å².